The summed E-state index contributed by atoms with van der Waals surface area (Å²) in [6.07, 6.45) is 0. The number of benzene rings is 9. The van der Waals surface area contributed by atoms with Crippen molar-refractivity contribution >= 4 is 54.3 Å². The van der Waals surface area contributed by atoms with Crippen LogP contribution in [0.1, 0.15) is 0 Å². The summed E-state index contributed by atoms with van der Waals surface area (Å²) in [6.45, 7) is 0. The van der Waals surface area contributed by atoms with Crippen LogP contribution in [-0.4, -0.2) is 0 Å². The molecule has 0 N–H and O–H groups in total. The predicted molar refractivity (Wildman–Crippen MR) is 208 cm³/mol. The first kappa shape index (κ1) is 27.7. The van der Waals surface area contributed by atoms with Gasteiger partial charge < -0.3 is 4.42 Å². The summed E-state index contributed by atoms with van der Waals surface area (Å²) in [5.41, 5.74) is 11.6. The van der Waals surface area contributed by atoms with Crippen molar-refractivity contribution in [2.24, 2.45) is 0 Å². The summed E-state index contributed by atoms with van der Waals surface area (Å²) >= 11 is 0. The second-order valence-corrected chi connectivity index (χ2v) is 12.8. The molecule has 0 aliphatic heterocycles. The highest BCUT2D eigenvalue weighted by Crippen LogP contribution is 2.49. The topological polar surface area (TPSA) is 13.1 Å². The number of para-hydroxylation sites is 1. The summed E-state index contributed by atoms with van der Waals surface area (Å²) in [5, 5.41) is 9.68. The van der Waals surface area contributed by atoms with Crippen LogP contribution in [0.4, 0.5) is 0 Å². The Morgan fingerprint density at radius 1 is 0.265 bits per heavy atom. The van der Waals surface area contributed by atoms with E-state index in [0.29, 0.717) is 0 Å². The standard InChI is InChI=1S/C48H30O/c1-2-14-31(15-3-1)34-17-6-7-20-38(34)47-35-18-5-4-16-32(35)26-29-43(47)48-41-23-10-8-21-39(41)46(40-22-9-11-24-42(40)48)33-27-28-37-36-19-12-13-25-44(36)49-45(37)30-33/h1-30H. The van der Waals surface area contributed by atoms with E-state index >= 15 is 0 Å². The Morgan fingerprint density at radius 2 is 0.816 bits per heavy atom. The molecule has 228 valence electrons. The third kappa shape index (κ3) is 4.33. The Kier molecular flexibility index (Phi) is 6.25. The Hall–Kier alpha value is -6.44. The van der Waals surface area contributed by atoms with Crippen LogP contribution in [0.2, 0.25) is 0 Å². The maximum Gasteiger partial charge on any atom is 0.136 e. The largest absolute Gasteiger partial charge is 0.456 e. The van der Waals surface area contributed by atoms with Crippen LogP contribution in [0.3, 0.4) is 0 Å². The van der Waals surface area contributed by atoms with Crippen molar-refractivity contribution in [3.63, 3.8) is 0 Å². The lowest BCUT2D eigenvalue weighted by Gasteiger charge is -2.22. The Morgan fingerprint density at radius 3 is 1.55 bits per heavy atom. The summed E-state index contributed by atoms with van der Waals surface area (Å²) in [5.74, 6) is 0. The second-order valence-electron chi connectivity index (χ2n) is 12.8. The van der Waals surface area contributed by atoms with Crippen molar-refractivity contribution in [3.05, 3.63) is 182 Å². The Labute approximate surface area is 284 Å². The van der Waals surface area contributed by atoms with Gasteiger partial charge in [0.15, 0.2) is 0 Å². The first-order chi connectivity index (χ1) is 24.3. The van der Waals surface area contributed by atoms with Gasteiger partial charge in [0.25, 0.3) is 0 Å². The van der Waals surface area contributed by atoms with Crippen LogP contribution in [-0.2, 0) is 0 Å². The second kappa shape index (κ2) is 11.1. The van der Waals surface area contributed by atoms with Crippen LogP contribution >= 0.6 is 0 Å². The van der Waals surface area contributed by atoms with Crippen molar-refractivity contribution in [2.45, 2.75) is 0 Å². The molecule has 0 aliphatic carbocycles. The zero-order valence-electron chi connectivity index (χ0n) is 26.7. The van der Waals surface area contributed by atoms with Crippen LogP contribution in [0.5, 0.6) is 0 Å². The van der Waals surface area contributed by atoms with Crippen LogP contribution in [0.25, 0.3) is 98.8 Å². The van der Waals surface area contributed by atoms with Crippen LogP contribution in [0, 0.1) is 0 Å². The van der Waals surface area contributed by atoms with E-state index in [1.807, 2.05) is 12.1 Å². The number of rotatable bonds is 4. The molecule has 0 radical (unpaired) electrons. The molecule has 0 amide bonds. The average molecular weight is 623 g/mol. The van der Waals surface area contributed by atoms with Gasteiger partial charge in [-0.15, -0.1) is 0 Å². The lowest BCUT2D eigenvalue weighted by Crippen LogP contribution is -1.95. The fraction of sp³-hybridized carbons (Fsp3) is 0. The maximum atomic E-state index is 6.39. The monoisotopic (exact) mass is 622 g/mol. The lowest BCUT2D eigenvalue weighted by molar-refractivity contribution is 0.669. The molecule has 1 heterocycles. The molecule has 0 atom stereocenters. The molecular formula is C48H30O. The summed E-state index contributed by atoms with van der Waals surface area (Å²) < 4.78 is 6.39. The van der Waals surface area contributed by atoms with Gasteiger partial charge >= 0.3 is 0 Å². The van der Waals surface area contributed by atoms with Gasteiger partial charge in [0.1, 0.15) is 11.2 Å². The molecular weight excluding hydrogens is 593 g/mol. The van der Waals surface area contributed by atoms with Crippen molar-refractivity contribution in [1.82, 2.24) is 0 Å². The van der Waals surface area contributed by atoms with E-state index in [0.717, 1.165) is 27.5 Å². The molecule has 1 nitrogen and oxygen atoms in total. The molecule has 0 aliphatic rings. The number of fused-ring (bicyclic) bond motifs is 6. The molecule has 0 unspecified atom stereocenters. The third-order valence-electron chi connectivity index (χ3n) is 10.1. The molecule has 0 bridgehead atoms. The highest BCUT2D eigenvalue weighted by molar-refractivity contribution is 6.24. The third-order valence-corrected chi connectivity index (χ3v) is 10.1. The average Bonchev–Trinajstić information content (AvgIpc) is 3.55. The predicted octanol–water partition coefficient (Wildman–Crippen LogP) is 13.7. The molecule has 9 aromatic carbocycles. The minimum atomic E-state index is 0.908. The van der Waals surface area contributed by atoms with Crippen molar-refractivity contribution in [2.75, 3.05) is 0 Å². The molecule has 0 spiro atoms. The van der Waals surface area contributed by atoms with Gasteiger partial charge in [0, 0.05) is 10.8 Å². The van der Waals surface area contributed by atoms with Crippen molar-refractivity contribution in [3.8, 4) is 44.5 Å². The Bertz CT molecular complexity index is 2820. The molecule has 0 fully saturated rings. The molecule has 10 rings (SSSR count). The normalized spacial score (nSPS) is 11.7. The first-order valence-corrected chi connectivity index (χ1v) is 16.9. The molecule has 0 saturated carbocycles. The molecule has 10 aromatic rings. The van der Waals surface area contributed by atoms with Crippen molar-refractivity contribution < 1.29 is 4.42 Å². The summed E-state index contributed by atoms with van der Waals surface area (Å²) in [7, 11) is 0. The number of furan rings is 1. The van der Waals surface area contributed by atoms with E-state index in [2.05, 4.69) is 170 Å². The fourth-order valence-corrected chi connectivity index (χ4v) is 7.95. The SMILES string of the molecule is c1ccc(-c2ccccc2-c2c(-c3c4ccccc4c(-c4ccc5c(c4)oc4ccccc45)c4ccccc34)ccc3ccccc23)cc1. The molecule has 49 heavy (non-hydrogen) atoms. The van der Waals surface area contributed by atoms with Gasteiger partial charge in [-0.3, -0.25) is 0 Å². The van der Waals surface area contributed by atoms with Gasteiger partial charge in [-0.1, -0.05) is 164 Å². The fourth-order valence-electron chi connectivity index (χ4n) is 7.95. The van der Waals surface area contributed by atoms with E-state index in [-0.39, 0.29) is 0 Å². The highest BCUT2D eigenvalue weighted by Gasteiger charge is 2.22. The van der Waals surface area contributed by atoms with E-state index in [4.69, 9.17) is 4.42 Å². The van der Waals surface area contributed by atoms with Gasteiger partial charge in [-0.2, -0.15) is 0 Å². The smallest absolute Gasteiger partial charge is 0.136 e. The van der Waals surface area contributed by atoms with E-state index in [9.17, 15) is 0 Å². The lowest BCUT2D eigenvalue weighted by atomic mass is 9.81. The summed E-state index contributed by atoms with van der Waals surface area (Å²) in [4.78, 5) is 0. The van der Waals surface area contributed by atoms with E-state index < -0.39 is 0 Å². The number of hydrogen-bond donors (Lipinski definition) is 0. The molecule has 0 saturated heterocycles. The zero-order valence-corrected chi connectivity index (χ0v) is 26.7. The van der Waals surface area contributed by atoms with Gasteiger partial charge in [-0.05, 0) is 95.0 Å². The number of hydrogen-bond acceptors (Lipinski definition) is 1. The highest BCUT2D eigenvalue weighted by atomic mass is 16.3. The minimum Gasteiger partial charge on any atom is -0.456 e. The first-order valence-electron chi connectivity index (χ1n) is 16.9. The zero-order chi connectivity index (χ0) is 32.3. The van der Waals surface area contributed by atoms with Crippen molar-refractivity contribution in [1.29, 1.82) is 0 Å². The minimum absolute atomic E-state index is 0.908. The maximum absolute atomic E-state index is 6.39. The van der Waals surface area contributed by atoms with Gasteiger partial charge in [0.2, 0.25) is 0 Å². The molecule has 1 heteroatoms. The van der Waals surface area contributed by atoms with Gasteiger partial charge in [-0.25, -0.2) is 0 Å². The Balaban J connectivity index is 1.32. The van der Waals surface area contributed by atoms with E-state index in [1.54, 1.807) is 0 Å². The summed E-state index contributed by atoms with van der Waals surface area (Å²) in [6, 6.07) is 65.8. The molecule has 1 aromatic heterocycles. The van der Waals surface area contributed by atoms with Crippen LogP contribution < -0.4 is 0 Å². The van der Waals surface area contributed by atoms with Gasteiger partial charge in [0.05, 0.1) is 0 Å². The van der Waals surface area contributed by atoms with E-state index in [1.165, 1.54) is 71.3 Å². The quantitative estimate of drug-likeness (QED) is 0.178. The van der Waals surface area contributed by atoms with Crippen LogP contribution in [0.15, 0.2) is 186 Å².